The van der Waals surface area contributed by atoms with Crippen LogP contribution in [0.15, 0.2) is 160 Å². The molecular formula is C62H50O24. The van der Waals surface area contributed by atoms with Crippen molar-refractivity contribution in [2.75, 3.05) is 0 Å². The van der Waals surface area contributed by atoms with Gasteiger partial charge in [0.25, 0.3) is 0 Å². The van der Waals surface area contributed by atoms with E-state index in [1.807, 2.05) is 0 Å². The SMILES string of the molecule is OC1=CC(O)=C2C[C@@H](O)[C@@H](c3ccc(O)c(O)c3)OC2=C2C1C21C2=C(O)C=C(O)C3C(=C2O[C@H](c2ccc(O)c(O)c2)[C@@H]1O)[C@]31c2c(O)cc(O)c([C@H]3c4c(O)cc(O)cc4O[C@H](c4ccc(O)c(O)c4)[C@@H]3O)c2O[C@H](c2ccc(O)c(O)c2)[C@@H]1O. The van der Waals surface area contributed by atoms with Crippen molar-refractivity contribution in [1.29, 1.82) is 0 Å². The van der Waals surface area contributed by atoms with Crippen LogP contribution in [0.5, 0.6) is 80.5 Å². The molecule has 0 bridgehead atoms. The molecule has 4 heterocycles. The summed E-state index contributed by atoms with van der Waals surface area (Å²) in [6.07, 6.45) is -12.9. The van der Waals surface area contributed by atoms with Crippen molar-refractivity contribution < 1.29 is 121 Å². The Hall–Kier alpha value is -10.4. The van der Waals surface area contributed by atoms with Crippen molar-refractivity contribution in [3.63, 3.8) is 0 Å². The van der Waals surface area contributed by atoms with Gasteiger partial charge in [-0.1, -0.05) is 24.3 Å². The highest BCUT2D eigenvalue weighted by atomic mass is 16.5. The molecule has 13 atom stereocenters. The van der Waals surface area contributed by atoms with Gasteiger partial charge in [0.15, 0.2) is 64.3 Å². The van der Waals surface area contributed by atoms with Crippen LogP contribution in [0, 0.1) is 17.3 Å². The van der Waals surface area contributed by atoms with Gasteiger partial charge in [0.1, 0.15) is 93.5 Å². The van der Waals surface area contributed by atoms with Crippen LogP contribution < -0.4 is 9.47 Å². The molecular weight excluding hydrogens is 1130 g/mol. The van der Waals surface area contributed by atoms with E-state index >= 15 is 0 Å². The maximum absolute atomic E-state index is 13.4. The highest BCUT2D eigenvalue weighted by Crippen LogP contribution is 2.81. The van der Waals surface area contributed by atoms with Crippen molar-refractivity contribution in [2.45, 2.75) is 66.6 Å². The first-order chi connectivity index (χ1) is 40.9. The van der Waals surface area contributed by atoms with Gasteiger partial charge in [0.2, 0.25) is 0 Å². The van der Waals surface area contributed by atoms with Crippen LogP contribution in [0.4, 0.5) is 0 Å². The van der Waals surface area contributed by atoms with E-state index in [4.69, 9.17) is 18.9 Å². The molecule has 4 aliphatic carbocycles. The average Bonchev–Trinajstić information content (AvgIpc) is 1.46. The van der Waals surface area contributed by atoms with Crippen LogP contribution in [0.2, 0.25) is 0 Å². The number of benzene rings is 6. The van der Waals surface area contributed by atoms with E-state index in [0.29, 0.717) is 0 Å². The number of hydrogen-bond acceptors (Lipinski definition) is 24. The summed E-state index contributed by atoms with van der Waals surface area (Å²) in [5.41, 5.74) is -6.80. The highest BCUT2D eigenvalue weighted by molar-refractivity contribution is 5.79. The fraction of sp³-hybridized carbons (Fsp3) is 0.226. The monoisotopic (exact) mass is 1180 g/mol. The summed E-state index contributed by atoms with van der Waals surface area (Å²) in [6, 6.07) is 16.5. The first-order valence-corrected chi connectivity index (χ1v) is 26.7. The van der Waals surface area contributed by atoms with Crippen molar-refractivity contribution in [3.05, 3.63) is 199 Å². The number of aliphatic hydroxyl groups excluding tert-OH is 8. The van der Waals surface area contributed by atoms with E-state index in [2.05, 4.69) is 0 Å². The Morgan fingerprint density at radius 3 is 1.42 bits per heavy atom. The third-order valence-corrected chi connectivity index (χ3v) is 18.0. The topological polar surface area (TPSA) is 442 Å². The fourth-order valence-corrected chi connectivity index (χ4v) is 14.3. The van der Waals surface area contributed by atoms with Gasteiger partial charge in [-0.3, -0.25) is 0 Å². The van der Waals surface area contributed by atoms with Gasteiger partial charge in [-0.15, -0.1) is 0 Å². The molecule has 0 amide bonds. The van der Waals surface area contributed by atoms with Crippen molar-refractivity contribution in [1.82, 2.24) is 0 Å². The lowest BCUT2D eigenvalue weighted by Crippen LogP contribution is -2.44. The summed E-state index contributed by atoms with van der Waals surface area (Å²) in [5.74, 6) is -17.4. The molecule has 6 aromatic rings. The molecule has 0 aromatic heterocycles. The van der Waals surface area contributed by atoms with Crippen LogP contribution in [0.3, 0.4) is 0 Å². The zero-order chi connectivity index (χ0) is 60.8. The number of phenols is 12. The molecule has 20 N–H and O–H groups in total. The molecule has 4 aliphatic heterocycles. The number of aliphatic hydroxyl groups is 8. The van der Waals surface area contributed by atoms with Gasteiger partial charge in [-0.2, -0.15) is 0 Å². The third kappa shape index (κ3) is 7.11. The summed E-state index contributed by atoms with van der Waals surface area (Å²) in [7, 11) is 0. The van der Waals surface area contributed by atoms with Crippen LogP contribution >= 0.6 is 0 Å². The maximum atomic E-state index is 13.4. The fourth-order valence-electron chi connectivity index (χ4n) is 14.3. The number of rotatable bonds is 5. The quantitative estimate of drug-likeness (QED) is 0.0823. The average molecular weight is 1180 g/mol. The van der Waals surface area contributed by atoms with Gasteiger partial charge in [-0.25, -0.2) is 0 Å². The lowest BCUT2D eigenvalue weighted by atomic mass is 9.72. The first-order valence-electron chi connectivity index (χ1n) is 26.7. The predicted octanol–water partition coefficient (Wildman–Crippen LogP) is 6.46. The molecule has 2 spiro atoms. The smallest absolute Gasteiger partial charge is 0.157 e. The Morgan fingerprint density at radius 1 is 0.395 bits per heavy atom. The second-order valence-electron chi connectivity index (χ2n) is 22.5. The van der Waals surface area contributed by atoms with Gasteiger partial charge in [0.05, 0.1) is 45.8 Å². The van der Waals surface area contributed by atoms with Gasteiger partial charge in [-0.05, 0) is 81.9 Å². The van der Waals surface area contributed by atoms with Crippen molar-refractivity contribution in [2.24, 2.45) is 17.3 Å². The molecule has 8 aliphatic rings. The van der Waals surface area contributed by atoms with Crippen molar-refractivity contribution in [3.8, 4) is 80.5 Å². The summed E-state index contributed by atoms with van der Waals surface area (Å²) < 4.78 is 26.4. The predicted molar refractivity (Wildman–Crippen MR) is 289 cm³/mol. The van der Waals surface area contributed by atoms with Gasteiger partial charge in [0, 0.05) is 53.5 Å². The van der Waals surface area contributed by atoms with Crippen LogP contribution in [0.1, 0.15) is 75.7 Å². The molecule has 2 saturated heterocycles. The molecule has 14 rings (SSSR count). The summed E-state index contributed by atoms with van der Waals surface area (Å²) in [4.78, 5) is 0. The van der Waals surface area contributed by atoms with E-state index in [9.17, 15) is 102 Å². The molecule has 0 radical (unpaired) electrons. The Kier molecular flexibility index (Phi) is 11.3. The van der Waals surface area contributed by atoms with Gasteiger partial charge < -0.3 is 121 Å². The second-order valence-corrected chi connectivity index (χ2v) is 22.5. The molecule has 24 heteroatoms. The number of ether oxygens (including phenoxy) is 4. The Bertz CT molecular complexity index is 4230. The Labute approximate surface area is 482 Å². The minimum absolute atomic E-state index is 0.00685. The normalized spacial score (nSPS) is 30.2. The lowest BCUT2D eigenvalue weighted by Gasteiger charge is -2.43. The second kappa shape index (κ2) is 18.1. The number of aromatic hydroxyl groups is 12. The maximum Gasteiger partial charge on any atom is 0.157 e. The number of phenolic OH excluding ortho intramolecular Hbond substituents is 12. The zero-order valence-corrected chi connectivity index (χ0v) is 44.0. The van der Waals surface area contributed by atoms with E-state index in [-0.39, 0.29) is 56.0 Å². The molecule has 86 heavy (non-hydrogen) atoms. The molecule has 3 unspecified atom stereocenters. The summed E-state index contributed by atoms with van der Waals surface area (Å²) >= 11 is 0. The molecule has 6 aromatic carbocycles. The minimum Gasteiger partial charge on any atom is -0.511 e. The Morgan fingerprint density at radius 2 is 0.860 bits per heavy atom. The zero-order valence-electron chi connectivity index (χ0n) is 44.0. The summed E-state index contributed by atoms with van der Waals surface area (Å²) in [6.45, 7) is 0. The largest absolute Gasteiger partial charge is 0.511 e. The van der Waals surface area contributed by atoms with E-state index in [1.165, 1.54) is 24.3 Å². The highest BCUT2D eigenvalue weighted by Gasteiger charge is 2.80. The first kappa shape index (κ1) is 53.6. The lowest BCUT2D eigenvalue weighted by molar-refractivity contribution is -0.0652. The van der Waals surface area contributed by atoms with E-state index in [1.54, 1.807) is 0 Å². The number of hydrogen-bond donors (Lipinski definition) is 20. The summed E-state index contributed by atoms with van der Waals surface area (Å²) in [5, 5.41) is 233. The number of allylic oxidation sites excluding steroid dienone is 6. The number of fused-ring (bicyclic) bond motifs is 12. The standard InChI is InChI=1S/C62H50O24/c63-23-13-34(73)42-41(14-23)83-53(20-2-6-26(65)31(70)10-20)51(80)44(42)43-35(74)17-38(77)47-57(43)85-54(21-3-7-27(66)32(71)11-21)59(81)61(47)46-37(76)18-39(78)48-58(50(46)61)86-55(22-4-8-28(67)33(72)12-22)60(82)62(48)45-36(75)16-29(68)24-15-40(79)52(84-56(24)49(45)62)19-1-5-25(64)30(69)9-19/h1-14,16-18,40,44-46,51-55,59-60,63-82H,15H2/t40-,44-,45?,46?,51-,52-,53-,54-,55-,59+,60+,61-,62?/m1/s1. The van der Waals surface area contributed by atoms with Gasteiger partial charge >= 0.3 is 0 Å². The van der Waals surface area contributed by atoms with Crippen molar-refractivity contribution >= 4 is 0 Å². The van der Waals surface area contributed by atoms with Crippen LogP contribution in [0.25, 0.3) is 0 Å². The third-order valence-electron chi connectivity index (χ3n) is 18.0. The van der Waals surface area contributed by atoms with E-state index in [0.717, 1.165) is 78.9 Å². The van der Waals surface area contributed by atoms with Crippen LogP contribution in [-0.4, -0.2) is 127 Å². The van der Waals surface area contributed by atoms with Crippen LogP contribution in [-0.2, 0) is 14.9 Å². The minimum atomic E-state index is -2.38. The molecule has 4 fully saturated rings. The molecule has 2 saturated carbocycles. The molecule has 24 nitrogen and oxygen atoms in total. The molecule has 442 valence electrons. The van der Waals surface area contributed by atoms with E-state index < -0.39 is 204 Å². The Balaban J connectivity index is 1.05.